The van der Waals surface area contributed by atoms with E-state index >= 15 is 0 Å². The molecule has 1 unspecified atom stereocenters. The minimum absolute atomic E-state index is 0.0602. The molecule has 0 fully saturated rings. The highest BCUT2D eigenvalue weighted by atomic mass is 32.1. The van der Waals surface area contributed by atoms with E-state index in [1.54, 1.807) is 0 Å². The highest BCUT2D eigenvalue weighted by Crippen LogP contribution is 1.98. The normalized spacial score (nSPS) is 14.1. The zero-order chi connectivity index (χ0) is 5.70. The summed E-state index contributed by atoms with van der Waals surface area (Å²) in [5.41, 5.74) is 5.13. The Morgan fingerprint density at radius 3 is 2.57 bits per heavy atom. The van der Waals surface area contributed by atoms with Gasteiger partial charge in [0.05, 0.1) is 0 Å². The van der Waals surface area contributed by atoms with Gasteiger partial charge in [-0.15, -0.1) is 0 Å². The van der Waals surface area contributed by atoms with Crippen LogP contribution in [0.3, 0.4) is 0 Å². The van der Waals surface area contributed by atoms with Gasteiger partial charge in [0.15, 0.2) is 0 Å². The van der Waals surface area contributed by atoms with Crippen LogP contribution in [0.25, 0.3) is 0 Å². The summed E-state index contributed by atoms with van der Waals surface area (Å²) < 4.78 is 0. The fourth-order valence-corrected chi connectivity index (χ4v) is 0.270. The summed E-state index contributed by atoms with van der Waals surface area (Å²) in [5.74, 6) is 0. The molecule has 42 valence electrons. The standard InChI is InChI=1S/C4H9NOS/c5-3-4(7)1-2-6/h4,6-7H,1,3,5H2. The molecule has 0 aromatic rings. The van der Waals surface area contributed by atoms with Gasteiger partial charge >= 0.3 is 0 Å². The summed E-state index contributed by atoms with van der Waals surface area (Å²) in [6.45, 7) is 2.44. The van der Waals surface area contributed by atoms with E-state index in [2.05, 4.69) is 12.6 Å². The molecule has 0 rings (SSSR count). The number of nitrogens with two attached hydrogens (primary N) is 1. The van der Waals surface area contributed by atoms with E-state index in [1.165, 1.54) is 0 Å². The maximum atomic E-state index is 8.01. The maximum Gasteiger partial charge on any atom is 0.129 e. The molecule has 1 atom stereocenters. The van der Waals surface area contributed by atoms with E-state index in [0.29, 0.717) is 13.0 Å². The Labute approximate surface area is 49.1 Å². The van der Waals surface area contributed by atoms with Gasteiger partial charge in [-0.1, -0.05) is 0 Å². The van der Waals surface area contributed by atoms with Crippen molar-refractivity contribution >= 4 is 12.6 Å². The Hall–Kier alpha value is 0.270. The second-order valence-corrected chi connectivity index (χ2v) is 1.98. The molecule has 0 saturated heterocycles. The molecule has 0 aliphatic heterocycles. The largest absolute Gasteiger partial charge is 0.384 e. The van der Waals surface area contributed by atoms with Gasteiger partial charge in [0.2, 0.25) is 0 Å². The van der Waals surface area contributed by atoms with Crippen LogP contribution in [0.15, 0.2) is 0 Å². The van der Waals surface area contributed by atoms with E-state index in [0.717, 1.165) is 0 Å². The molecule has 7 heavy (non-hydrogen) atoms. The van der Waals surface area contributed by atoms with Crippen molar-refractivity contribution in [2.24, 2.45) is 5.73 Å². The number of thiol groups is 1. The zero-order valence-electron chi connectivity index (χ0n) is 3.96. The Balaban J connectivity index is 2.83. The highest BCUT2D eigenvalue weighted by Gasteiger charge is 1.96. The summed E-state index contributed by atoms with van der Waals surface area (Å²) in [4.78, 5) is 0. The van der Waals surface area contributed by atoms with Crippen LogP contribution in [-0.4, -0.2) is 16.9 Å². The Morgan fingerprint density at radius 2 is 2.43 bits per heavy atom. The smallest absolute Gasteiger partial charge is 0.129 e. The van der Waals surface area contributed by atoms with Crippen molar-refractivity contribution in [3.63, 3.8) is 0 Å². The minimum Gasteiger partial charge on any atom is -0.384 e. The van der Waals surface area contributed by atoms with Crippen LogP contribution in [0.4, 0.5) is 0 Å². The monoisotopic (exact) mass is 119 g/mol. The van der Waals surface area contributed by atoms with Gasteiger partial charge in [-0.05, 0) is 6.42 Å². The number of aliphatic hydroxyl groups excluding tert-OH is 1. The van der Waals surface area contributed by atoms with Gasteiger partial charge in [0.1, 0.15) is 6.61 Å². The summed E-state index contributed by atoms with van der Waals surface area (Å²) in [5, 5.41) is 8.07. The zero-order valence-corrected chi connectivity index (χ0v) is 4.86. The molecule has 3 N–H and O–H groups in total. The lowest BCUT2D eigenvalue weighted by Crippen LogP contribution is -2.13. The van der Waals surface area contributed by atoms with Gasteiger partial charge in [-0.3, -0.25) is 0 Å². The van der Waals surface area contributed by atoms with Crippen LogP contribution >= 0.6 is 12.6 Å². The number of rotatable bonds is 3. The minimum atomic E-state index is 0.0602. The third kappa shape index (κ3) is 4.12. The highest BCUT2D eigenvalue weighted by molar-refractivity contribution is 7.81. The van der Waals surface area contributed by atoms with Crippen LogP contribution < -0.4 is 5.73 Å². The summed E-state index contributed by atoms with van der Waals surface area (Å²) in [6.07, 6.45) is 0.444. The number of hydrogen-bond acceptors (Lipinski definition) is 3. The van der Waals surface area contributed by atoms with Crippen LogP contribution in [0.5, 0.6) is 0 Å². The SMILES string of the molecule is NCC(S)C[C]O. The molecule has 3 heteroatoms. The summed E-state index contributed by atoms with van der Waals surface area (Å²) in [6, 6.07) is 0. The van der Waals surface area contributed by atoms with Crippen molar-refractivity contribution < 1.29 is 5.11 Å². The van der Waals surface area contributed by atoms with Gasteiger partial charge in [0.25, 0.3) is 0 Å². The molecule has 0 aromatic carbocycles. The van der Waals surface area contributed by atoms with E-state index in [-0.39, 0.29) is 5.25 Å². The molecule has 0 amide bonds. The van der Waals surface area contributed by atoms with Crippen LogP contribution in [0.2, 0.25) is 0 Å². The van der Waals surface area contributed by atoms with Gasteiger partial charge in [-0.25, -0.2) is 0 Å². The molecule has 0 saturated carbocycles. The predicted octanol–water partition coefficient (Wildman–Crippen LogP) is 0.0449. The van der Waals surface area contributed by atoms with Crippen molar-refractivity contribution in [3.8, 4) is 0 Å². The molecular formula is C4H9NOS. The predicted molar refractivity (Wildman–Crippen MR) is 31.6 cm³/mol. The van der Waals surface area contributed by atoms with Crippen molar-refractivity contribution in [1.82, 2.24) is 0 Å². The van der Waals surface area contributed by atoms with Gasteiger partial charge in [-0.2, -0.15) is 12.6 Å². The van der Waals surface area contributed by atoms with Crippen molar-refractivity contribution in [2.75, 3.05) is 6.54 Å². The fourth-order valence-electron chi connectivity index (χ4n) is 0.189. The quantitative estimate of drug-likeness (QED) is 0.459. The average Bonchev–Trinajstić information content (AvgIpc) is 1.68. The van der Waals surface area contributed by atoms with E-state index < -0.39 is 0 Å². The van der Waals surface area contributed by atoms with Crippen LogP contribution in [0, 0.1) is 6.61 Å². The lowest BCUT2D eigenvalue weighted by molar-refractivity contribution is 0.373. The first-order valence-electron chi connectivity index (χ1n) is 2.06. The lowest BCUT2D eigenvalue weighted by Gasteiger charge is -2.00. The molecule has 0 heterocycles. The lowest BCUT2D eigenvalue weighted by atomic mass is 10.3. The third-order valence-corrected chi connectivity index (χ3v) is 0.992. The van der Waals surface area contributed by atoms with Crippen molar-refractivity contribution in [1.29, 1.82) is 0 Å². The van der Waals surface area contributed by atoms with E-state index in [4.69, 9.17) is 10.8 Å². The molecule has 0 spiro atoms. The fraction of sp³-hybridized carbons (Fsp3) is 0.750. The molecular weight excluding hydrogens is 110 g/mol. The molecule has 0 aromatic heterocycles. The maximum absolute atomic E-state index is 8.01. The third-order valence-electron chi connectivity index (χ3n) is 0.599. The molecule has 0 aliphatic rings. The van der Waals surface area contributed by atoms with Gasteiger partial charge < -0.3 is 10.8 Å². The first-order valence-corrected chi connectivity index (χ1v) is 2.58. The second kappa shape index (κ2) is 4.43. The van der Waals surface area contributed by atoms with Crippen molar-refractivity contribution in [2.45, 2.75) is 11.7 Å². The topological polar surface area (TPSA) is 46.2 Å². The van der Waals surface area contributed by atoms with E-state index in [9.17, 15) is 0 Å². The Bertz CT molecular complexity index is 42.7. The average molecular weight is 119 g/mol. The summed E-state index contributed by atoms with van der Waals surface area (Å²) in [7, 11) is 0. The molecule has 2 radical (unpaired) electrons. The number of aliphatic hydroxyl groups is 1. The van der Waals surface area contributed by atoms with Gasteiger partial charge in [0, 0.05) is 11.8 Å². The van der Waals surface area contributed by atoms with E-state index in [1.807, 2.05) is 6.61 Å². The number of hydrogen-bond donors (Lipinski definition) is 3. The Kier molecular flexibility index (Phi) is 4.60. The first kappa shape index (κ1) is 7.27. The summed E-state index contributed by atoms with van der Waals surface area (Å²) >= 11 is 3.96. The first-order chi connectivity index (χ1) is 3.31. The molecule has 2 nitrogen and oxygen atoms in total. The Morgan fingerprint density at radius 1 is 1.86 bits per heavy atom. The molecule has 0 aliphatic carbocycles. The second-order valence-electron chi connectivity index (χ2n) is 1.25. The van der Waals surface area contributed by atoms with Crippen LogP contribution in [0.1, 0.15) is 6.42 Å². The molecule has 0 bridgehead atoms. The van der Waals surface area contributed by atoms with Crippen LogP contribution in [-0.2, 0) is 0 Å². The van der Waals surface area contributed by atoms with Crippen molar-refractivity contribution in [3.05, 3.63) is 6.61 Å².